The minimum Gasteiger partial charge on any atom is -0.389 e. The molecule has 2 rings (SSSR count). The zero-order valence-electron chi connectivity index (χ0n) is 11.4. The van der Waals surface area contributed by atoms with Crippen LogP contribution in [0.3, 0.4) is 0 Å². The Labute approximate surface area is 141 Å². The van der Waals surface area contributed by atoms with Gasteiger partial charge in [-0.05, 0) is 39.7 Å². The molecule has 1 atom stereocenters. The van der Waals surface area contributed by atoms with Crippen molar-refractivity contribution < 1.29 is 9.84 Å². The third kappa shape index (κ3) is 5.79. The van der Waals surface area contributed by atoms with Crippen molar-refractivity contribution in [2.45, 2.75) is 12.7 Å². The van der Waals surface area contributed by atoms with Gasteiger partial charge in [-0.15, -0.1) is 0 Å². The van der Waals surface area contributed by atoms with Gasteiger partial charge in [0.15, 0.2) is 0 Å². The van der Waals surface area contributed by atoms with E-state index >= 15 is 0 Å². The second-order valence-electron chi connectivity index (χ2n) is 4.66. The highest BCUT2D eigenvalue weighted by atomic mass is 79.9. The number of rotatable bonds is 7. The molecule has 0 spiro atoms. The number of ether oxygens (including phenoxy) is 1. The van der Waals surface area contributed by atoms with E-state index in [1.807, 2.05) is 48.5 Å². The SMILES string of the molecule is OC(CNc1ccc(Br)cc1Br)COCc1ccccc1. The molecule has 0 saturated heterocycles. The van der Waals surface area contributed by atoms with E-state index in [2.05, 4.69) is 37.2 Å². The third-order valence-electron chi connectivity index (χ3n) is 2.88. The molecule has 0 radical (unpaired) electrons. The van der Waals surface area contributed by atoms with E-state index in [-0.39, 0.29) is 0 Å². The second kappa shape index (κ2) is 8.54. The average molecular weight is 415 g/mol. The van der Waals surface area contributed by atoms with Gasteiger partial charge in [-0.3, -0.25) is 0 Å². The Morgan fingerprint density at radius 3 is 2.57 bits per heavy atom. The summed E-state index contributed by atoms with van der Waals surface area (Å²) in [6.07, 6.45) is -0.552. The van der Waals surface area contributed by atoms with Crippen LogP contribution in [0.1, 0.15) is 5.56 Å². The lowest BCUT2D eigenvalue weighted by Crippen LogP contribution is -2.24. The summed E-state index contributed by atoms with van der Waals surface area (Å²) in [7, 11) is 0. The van der Waals surface area contributed by atoms with Crippen LogP contribution in [0.4, 0.5) is 5.69 Å². The lowest BCUT2D eigenvalue weighted by Gasteiger charge is -2.14. The van der Waals surface area contributed by atoms with Gasteiger partial charge in [0.1, 0.15) is 0 Å². The molecule has 0 aromatic heterocycles. The molecular formula is C16H17Br2NO2. The van der Waals surface area contributed by atoms with Crippen molar-refractivity contribution in [2.24, 2.45) is 0 Å². The van der Waals surface area contributed by atoms with Gasteiger partial charge < -0.3 is 15.2 Å². The van der Waals surface area contributed by atoms with Crippen LogP contribution >= 0.6 is 31.9 Å². The summed E-state index contributed by atoms with van der Waals surface area (Å²) in [5.41, 5.74) is 2.05. The first kappa shape index (κ1) is 16.5. The van der Waals surface area contributed by atoms with Crippen LogP contribution in [0.25, 0.3) is 0 Å². The summed E-state index contributed by atoms with van der Waals surface area (Å²) >= 11 is 6.88. The monoisotopic (exact) mass is 413 g/mol. The van der Waals surface area contributed by atoms with Crippen molar-refractivity contribution in [3.05, 3.63) is 63.0 Å². The van der Waals surface area contributed by atoms with E-state index in [0.717, 1.165) is 20.2 Å². The van der Waals surface area contributed by atoms with E-state index in [9.17, 15) is 5.11 Å². The Bertz CT molecular complexity index is 563. The van der Waals surface area contributed by atoms with Gasteiger partial charge in [0, 0.05) is 21.2 Å². The van der Waals surface area contributed by atoms with Crippen molar-refractivity contribution in [1.29, 1.82) is 0 Å². The van der Waals surface area contributed by atoms with Crippen LogP contribution in [0.2, 0.25) is 0 Å². The highest BCUT2D eigenvalue weighted by Gasteiger charge is 2.06. The second-order valence-corrected chi connectivity index (χ2v) is 6.43. The number of hydrogen-bond acceptors (Lipinski definition) is 3. The molecular weight excluding hydrogens is 398 g/mol. The van der Waals surface area contributed by atoms with Crippen LogP contribution in [-0.2, 0) is 11.3 Å². The molecule has 112 valence electrons. The number of anilines is 1. The molecule has 1 unspecified atom stereocenters. The molecule has 5 heteroatoms. The van der Waals surface area contributed by atoms with Crippen LogP contribution in [0.5, 0.6) is 0 Å². The van der Waals surface area contributed by atoms with Crippen LogP contribution < -0.4 is 5.32 Å². The van der Waals surface area contributed by atoms with E-state index < -0.39 is 6.10 Å². The van der Waals surface area contributed by atoms with Gasteiger partial charge in [0.2, 0.25) is 0 Å². The Morgan fingerprint density at radius 1 is 1.10 bits per heavy atom. The number of aliphatic hydroxyl groups excluding tert-OH is 1. The smallest absolute Gasteiger partial charge is 0.0945 e. The lowest BCUT2D eigenvalue weighted by atomic mass is 10.2. The zero-order chi connectivity index (χ0) is 15.1. The molecule has 0 aliphatic carbocycles. The predicted octanol–water partition coefficient (Wildman–Crippen LogP) is 4.20. The number of aliphatic hydroxyl groups is 1. The largest absolute Gasteiger partial charge is 0.389 e. The Hall–Kier alpha value is -0.880. The maximum absolute atomic E-state index is 9.92. The quantitative estimate of drug-likeness (QED) is 0.713. The third-order valence-corrected chi connectivity index (χ3v) is 4.03. The van der Waals surface area contributed by atoms with Crippen LogP contribution in [-0.4, -0.2) is 24.4 Å². The molecule has 0 heterocycles. The molecule has 0 bridgehead atoms. The molecule has 0 saturated carbocycles. The summed E-state index contributed by atoms with van der Waals surface area (Å²) in [6, 6.07) is 15.8. The van der Waals surface area contributed by atoms with Gasteiger partial charge in [0.25, 0.3) is 0 Å². The lowest BCUT2D eigenvalue weighted by molar-refractivity contribution is 0.0348. The molecule has 2 aromatic rings. The molecule has 2 aromatic carbocycles. The van der Waals surface area contributed by atoms with Crippen molar-refractivity contribution in [3.8, 4) is 0 Å². The van der Waals surface area contributed by atoms with E-state index in [1.54, 1.807) is 0 Å². The Kier molecular flexibility index (Phi) is 6.70. The fraction of sp³-hybridized carbons (Fsp3) is 0.250. The van der Waals surface area contributed by atoms with Crippen molar-refractivity contribution in [3.63, 3.8) is 0 Å². The minimum absolute atomic E-state index is 0.302. The summed E-state index contributed by atoms with van der Waals surface area (Å²) in [5.74, 6) is 0. The molecule has 0 aliphatic heterocycles. The maximum Gasteiger partial charge on any atom is 0.0945 e. The van der Waals surface area contributed by atoms with E-state index in [4.69, 9.17) is 4.74 Å². The standard InChI is InChI=1S/C16H17Br2NO2/c17-13-6-7-16(15(18)8-13)19-9-14(20)11-21-10-12-4-2-1-3-5-12/h1-8,14,19-20H,9-11H2. The highest BCUT2D eigenvalue weighted by molar-refractivity contribution is 9.11. The zero-order valence-corrected chi connectivity index (χ0v) is 14.6. The fourth-order valence-corrected chi connectivity index (χ4v) is 2.99. The summed E-state index contributed by atoms with van der Waals surface area (Å²) in [5, 5.41) is 13.1. The number of hydrogen-bond donors (Lipinski definition) is 2. The number of benzene rings is 2. The first-order valence-electron chi connectivity index (χ1n) is 6.64. The Morgan fingerprint density at radius 2 is 1.86 bits per heavy atom. The molecule has 3 nitrogen and oxygen atoms in total. The van der Waals surface area contributed by atoms with Gasteiger partial charge in [0.05, 0.1) is 19.3 Å². The van der Waals surface area contributed by atoms with Crippen molar-refractivity contribution in [2.75, 3.05) is 18.5 Å². The fourth-order valence-electron chi connectivity index (χ4n) is 1.81. The van der Waals surface area contributed by atoms with Crippen LogP contribution in [0.15, 0.2) is 57.5 Å². The topological polar surface area (TPSA) is 41.5 Å². The number of nitrogens with one attached hydrogen (secondary N) is 1. The minimum atomic E-state index is -0.552. The van der Waals surface area contributed by atoms with Gasteiger partial charge in [-0.1, -0.05) is 46.3 Å². The van der Waals surface area contributed by atoms with Crippen molar-refractivity contribution in [1.82, 2.24) is 0 Å². The molecule has 2 N–H and O–H groups in total. The normalized spacial score (nSPS) is 12.1. The summed E-state index contributed by atoms with van der Waals surface area (Å²) < 4.78 is 7.47. The molecule has 0 aliphatic rings. The molecule has 0 fully saturated rings. The predicted molar refractivity (Wildman–Crippen MR) is 92.4 cm³/mol. The van der Waals surface area contributed by atoms with Gasteiger partial charge in [-0.2, -0.15) is 0 Å². The summed E-state index contributed by atoms with van der Waals surface area (Å²) in [6.45, 7) is 1.25. The van der Waals surface area contributed by atoms with Gasteiger partial charge >= 0.3 is 0 Å². The molecule has 21 heavy (non-hydrogen) atoms. The molecule has 0 amide bonds. The maximum atomic E-state index is 9.92. The first-order valence-corrected chi connectivity index (χ1v) is 8.22. The van der Waals surface area contributed by atoms with Gasteiger partial charge in [-0.25, -0.2) is 0 Å². The van der Waals surface area contributed by atoms with Crippen LogP contribution in [0, 0.1) is 0 Å². The summed E-state index contributed by atoms with van der Waals surface area (Å²) in [4.78, 5) is 0. The number of halogens is 2. The first-order chi connectivity index (χ1) is 10.1. The van der Waals surface area contributed by atoms with E-state index in [1.165, 1.54) is 0 Å². The Balaban J connectivity index is 1.71. The highest BCUT2D eigenvalue weighted by Crippen LogP contribution is 2.25. The van der Waals surface area contributed by atoms with E-state index in [0.29, 0.717) is 19.8 Å². The van der Waals surface area contributed by atoms with Crippen molar-refractivity contribution >= 4 is 37.5 Å². The average Bonchev–Trinajstić information content (AvgIpc) is 2.47.